The van der Waals surface area contributed by atoms with Gasteiger partial charge in [0.1, 0.15) is 28.9 Å². The number of nitrogens with zero attached hydrogens (tertiary/aromatic N) is 2. The van der Waals surface area contributed by atoms with Crippen LogP contribution in [0.2, 0.25) is 0 Å². The van der Waals surface area contributed by atoms with Gasteiger partial charge in [-0.25, -0.2) is 4.79 Å². The standard InChI is InChI=1S/C22H17N3O5/c1-14-11-20(25-30-14)24-21(26)17(13-23)12-15-3-7-19(8-4-15)29-22(27)16-5-9-18(28-2)10-6-16/h3-12H,1-2H3,(H,24,25,26). The summed E-state index contributed by atoms with van der Waals surface area (Å²) in [6.07, 6.45) is 1.41. The van der Waals surface area contributed by atoms with Gasteiger partial charge >= 0.3 is 5.97 Å². The molecule has 0 unspecified atom stereocenters. The molecule has 0 aliphatic carbocycles. The minimum Gasteiger partial charge on any atom is -0.497 e. The smallest absolute Gasteiger partial charge is 0.343 e. The molecule has 1 heterocycles. The molecule has 8 nitrogen and oxygen atoms in total. The number of aryl methyl sites for hydroxylation is 1. The molecule has 0 fully saturated rings. The molecule has 2 aromatic carbocycles. The zero-order valence-electron chi connectivity index (χ0n) is 16.2. The van der Waals surface area contributed by atoms with Crippen molar-refractivity contribution in [2.75, 3.05) is 12.4 Å². The molecule has 0 bridgehead atoms. The van der Waals surface area contributed by atoms with E-state index in [1.807, 2.05) is 6.07 Å². The summed E-state index contributed by atoms with van der Waals surface area (Å²) in [5.74, 6) is 0.599. The molecule has 3 rings (SSSR count). The molecule has 1 aromatic heterocycles. The molecule has 0 spiro atoms. The van der Waals surface area contributed by atoms with E-state index in [-0.39, 0.29) is 11.4 Å². The third kappa shape index (κ3) is 5.11. The van der Waals surface area contributed by atoms with Crippen molar-refractivity contribution in [1.82, 2.24) is 5.16 Å². The first-order valence-electron chi connectivity index (χ1n) is 8.81. The van der Waals surface area contributed by atoms with Gasteiger partial charge in [-0.1, -0.05) is 17.3 Å². The lowest BCUT2D eigenvalue weighted by Crippen LogP contribution is -2.13. The van der Waals surface area contributed by atoms with Gasteiger partial charge in [0.15, 0.2) is 5.82 Å². The van der Waals surface area contributed by atoms with Crippen LogP contribution in [0.15, 0.2) is 64.7 Å². The summed E-state index contributed by atoms with van der Waals surface area (Å²) in [5.41, 5.74) is 0.854. The van der Waals surface area contributed by atoms with Gasteiger partial charge in [0.25, 0.3) is 5.91 Å². The molecule has 0 saturated heterocycles. The summed E-state index contributed by atoms with van der Waals surface area (Å²) >= 11 is 0. The van der Waals surface area contributed by atoms with Crippen molar-refractivity contribution in [1.29, 1.82) is 5.26 Å². The van der Waals surface area contributed by atoms with Crippen molar-refractivity contribution in [3.8, 4) is 17.6 Å². The molecule has 0 radical (unpaired) electrons. The molecule has 8 heteroatoms. The first kappa shape index (κ1) is 20.4. The van der Waals surface area contributed by atoms with E-state index >= 15 is 0 Å². The number of hydrogen-bond acceptors (Lipinski definition) is 7. The fourth-order valence-corrected chi connectivity index (χ4v) is 2.45. The summed E-state index contributed by atoms with van der Waals surface area (Å²) < 4.78 is 15.3. The molecule has 3 aromatic rings. The van der Waals surface area contributed by atoms with Crippen LogP contribution in [0.1, 0.15) is 21.7 Å². The molecular weight excluding hydrogens is 386 g/mol. The summed E-state index contributed by atoms with van der Waals surface area (Å²) in [5, 5.41) is 15.4. The van der Waals surface area contributed by atoms with Crippen LogP contribution in [0, 0.1) is 18.3 Å². The van der Waals surface area contributed by atoms with E-state index in [4.69, 9.17) is 14.0 Å². The van der Waals surface area contributed by atoms with E-state index in [1.165, 1.54) is 6.08 Å². The van der Waals surface area contributed by atoms with Crippen LogP contribution in [-0.4, -0.2) is 24.1 Å². The van der Waals surface area contributed by atoms with Crippen LogP contribution in [0.5, 0.6) is 11.5 Å². The summed E-state index contributed by atoms with van der Waals surface area (Å²) in [4.78, 5) is 24.4. The zero-order chi connectivity index (χ0) is 21.5. The molecule has 0 aliphatic rings. The van der Waals surface area contributed by atoms with E-state index < -0.39 is 11.9 Å². The predicted octanol–water partition coefficient (Wildman–Crippen LogP) is 3.76. The van der Waals surface area contributed by atoms with E-state index in [2.05, 4.69) is 10.5 Å². The first-order chi connectivity index (χ1) is 14.5. The van der Waals surface area contributed by atoms with Crippen LogP contribution in [0.25, 0.3) is 6.08 Å². The molecule has 30 heavy (non-hydrogen) atoms. The van der Waals surface area contributed by atoms with Gasteiger partial charge in [0, 0.05) is 6.07 Å². The minimum atomic E-state index is -0.610. The Hall–Kier alpha value is -4.38. The Morgan fingerprint density at radius 1 is 1.10 bits per heavy atom. The largest absolute Gasteiger partial charge is 0.497 e. The van der Waals surface area contributed by atoms with Gasteiger partial charge in [-0.05, 0) is 55.0 Å². The molecule has 0 aliphatic heterocycles. The lowest BCUT2D eigenvalue weighted by Gasteiger charge is -2.06. The Bertz CT molecular complexity index is 1120. The highest BCUT2D eigenvalue weighted by Gasteiger charge is 2.12. The fourth-order valence-electron chi connectivity index (χ4n) is 2.45. The third-order valence-electron chi connectivity index (χ3n) is 3.96. The first-order valence-corrected chi connectivity index (χ1v) is 8.81. The second-order valence-electron chi connectivity index (χ2n) is 6.13. The molecule has 0 saturated carbocycles. The average molecular weight is 403 g/mol. The molecular formula is C22H17N3O5. The van der Waals surface area contributed by atoms with Gasteiger partial charge in [0.05, 0.1) is 12.7 Å². The van der Waals surface area contributed by atoms with Crippen molar-refractivity contribution in [3.05, 3.63) is 77.1 Å². The number of methoxy groups -OCH3 is 1. The van der Waals surface area contributed by atoms with E-state index in [9.17, 15) is 14.9 Å². The summed E-state index contributed by atoms with van der Waals surface area (Å²) in [6, 6.07) is 16.3. The molecule has 1 N–H and O–H groups in total. The highest BCUT2D eigenvalue weighted by atomic mass is 16.5. The van der Waals surface area contributed by atoms with Crippen molar-refractivity contribution in [3.63, 3.8) is 0 Å². The minimum absolute atomic E-state index is 0.112. The number of esters is 1. The van der Waals surface area contributed by atoms with E-state index in [1.54, 1.807) is 68.6 Å². The summed E-state index contributed by atoms with van der Waals surface area (Å²) in [6.45, 7) is 1.69. The van der Waals surface area contributed by atoms with Crippen molar-refractivity contribution in [2.45, 2.75) is 6.92 Å². The number of anilines is 1. The number of hydrogen-bond donors (Lipinski definition) is 1. The van der Waals surface area contributed by atoms with Crippen molar-refractivity contribution in [2.24, 2.45) is 0 Å². The van der Waals surface area contributed by atoms with Gasteiger partial charge in [-0.3, -0.25) is 4.79 Å². The van der Waals surface area contributed by atoms with Crippen LogP contribution < -0.4 is 14.8 Å². The highest BCUT2D eigenvalue weighted by molar-refractivity contribution is 6.09. The maximum absolute atomic E-state index is 12.2. The van der Waals surface area contributed by atoms with Crippen LogP contribution in [-0.2, 0) is 4.79 Å². The van der Waals surface area contributed by atoms with E-state index in [0.29, 0.717) is 28.4 Å². The Kier molecular flexibility index (Phi) is 6.25. The molecule has 150 valence electrons. The number of nitrogens with one attached hydrogen (secondary N) is 1. The fraction of sp³-hybridized carbons (Fsp3) is 0.0909. The van der Waals surface area contributed by atoms with Crippen LogP contribution in [0.4, 0.5) is 5.82 Å². The average Bonchev–Trinajstić information content (AvgIpc) is 3.17. The predicted molar refractivity (Wildman–Crippen MR) is 108 cm³/mol. The van der Waals surface area contributed by atoms with Gasteiger partial charge < -0.3 is 19.3 Å². The number of carbonyl (C=O) groups is 2. The Balaban J connectivity index is 1.66. The monoisotopic (exact) mass is 403 g/mol. The third-order valence-corrected chi connectivity index (χ3v) is 3.96. The molecule has 1 amide bonds. The van der Waals surface area contributed by atoms with Gasteiger partial charge in [-0.2, -0.15) is 5.26 Å². The SMILES string of the molecule is COc1ccc(C(=O)Oc2ccc(C=C(C#N)C(=O)Nc3cc(C)on3)cc2)cc1. The van der Waals surface area contributed by atoms with Gasteiger partial charge in [0.2, 0.25) is 0 Å². The maximum atomic E-state index is 12.2. The number of aromatic nitrogens is 1. The van der Waals surface area contributed by atoms with Gasteiger partial charge in [-0.15, -0.1) is 0 Å². The number of ether oxygens (including phenoxy) is 2. The second kappa shape index (κ2) is 9.21. The summed E-state index contributed by atoms with van der Waals surface area (Å²) in [7, 11) is 1.54. The zero-order valence-corrected chi connectivity index (χ0v) is 16.2. The number of amides is 1. The Morgan fingerprint density at radius 3 is 2.33 bits per heavy atom. The van der Waals surface area contributed by atoms with Crippen molar-refractivity contribution < 1.29 is 23.6 Å². The topological polar surface area (TPSA) is 114 Å². The maximum Gasteiger partial charge on any atom is 0.343 e. The Morgan fingerprint density at radius 2 is 1.77 bits per heavy atom. The van der Waals surface area contributed by atoms with E-state index in [0.717, 1.165) is 0 Å². The number of benzene rings is 2. The highest BCUT2D eigenvalue weighted by Crippen LogP contribution is 2.18. The lowest BCUT2D eigenvalue weighted by molar-refractivity contribution is -0.112. The second-order valence-corrected chi connectivity index (χ2v) is 6.13. The van der Waals surface area contributed by atoms with Crippen LogP contribution >= 0.6 is 0 Å². The lowest BCUT2D eigenvalue weighted by atomic mass is 10.1. The quantitative estimate of drug-likeness (QED) is 0.288. The molecule has 0 atom stereocenters. The van der Waals surface area contributed by atoms with Crippen LogP contribution in [0.3, 0.4) is 0 Å². The number of carbonyl (C=O) groups excluding carboxylic acids is 2. The van der Waals surface area contributed by atoms with Crippen molar-refractivity contribution >= 4 is 23.8 Å². The Labute approximate surface area is 172 Å². The number of rotatable bonds is 6. The normalized spacial score (nSPS) is 10.8. The number of nitriles is 1.